The zero-order valence-corrected chi connectivity index (χ0v) is 17.4. The molecule has 7 heteroatoms. The van der Waals surface area contributed by atoms with Crippen LogP contribution in [-0.4, -0.2) is 20.7 Å². The third-order valence-electron chi connectivity index (χ3n) is 5.46. The Morgan fingerprint density at radius 2 is 1.97 bits per heavy atom. The molecule has 0 aliphatic carbocycles. The fourth-order valence-corrected chi connectivity index (χ4v) is 3.71. The molecular weight excluding hydrogens is 388 g/mol. The van der Waals surface area contributed by atoms with Gasteiger partial charge in [-0.2, -0.15) is 10.4 Å². The van der Waals surface area contributed by atoms with Gasteiger partial charge in [-0.3, -0.25) is 9.48 Å². The molecule has 31 heavy (non-hydrogen) atoms. The summed E-state index contributed by atoms with van der Waals surface area (Å²) in [6.45, 7) is 4.98. The second-order valence-electron chi connectivity index (χ2n) is 7.51. The van der Waals surface area contributed by atoms with Crippen molar-refractivity contribution in [1.82, 2.24) is 20.1 Å². The predicted octanol–water partition coefficient (Wildman–Crippen LogP) is 3.48. The lowest BCUT2D eigenvalue weighted by molar-refractivity contribution is 0.0950. The molecule has 4 aromatic rings. The summed E-state index contributed by atoms with van der Waals surface area (Å²) in [7, 11) is 0. The van der Waals surface area contributed by atoms with E-state index in [2.05, 4.69) is 21.5 Å². The van der Waals surface area contributed by atoms with Crippen LogP contribution in [0.3, 0.4) is 0 Å². The first-order chi connectivity index (χ1) is 15.0. The number of rotatable bonds is 5. The van der Waals surface area contributed by atoms with Crippen molar-refractivity contribution in [1.29, 1.82) is 5.26 Å². The van der Waals surface area contributed by atoms with Crippen LogP contribution in [0.15, 0.2) is 55.0 Å². The van der Waals surface area contributed by atoms with Crippen molar-refractivity contribution in [2.24, 2.45) is 0 Å². The molecule has 4 rings (SSSR count). The van der Waals surface area contributed by atoms with E-state index in [0.29, 0.717) is 30.0 Å². The maximum absolute atomic E-state index is 12.7. The minimum absolute atomic E-state index is 0.181. The Bertz CT molecular complexity index is 1310. The Labute approximate surface area is 180 Å². The molecule has 0 fully saturated rings. The van der Waals surface area contributed by atoms with Gasteiger partial charge in [-0.15, -0.1) is 0 Å². The highest BCUT2D eigenvalue weighted by Crippen LogP contribution is 2.27. The number of nitriles is 1. The molecule has 7 nitrogen and oxygen atoms in total. The lowest BCUT2D eigenvalue weighted by Crippen LogP contribution is -2.23. The highest BCUT2D eigenvalue weighted by atomic mass is 16.1. The Morgan fingerprint density at radius 3 is 2.71 bits per heavy atom. The van der Waals surface area contributed by atoms with Crippen LogP contribution < -0.4 is 11.1 Å². The van der Waals surface area contributed by atoms with E-state index in [-0.39, 0.29) is 5.91 Å². The highest BCUT2D eigenvalue weighted by Gasteiger charge is 2.13. The van der Waals surface area contributed by atoms with Crippen molar-refractivity contribution < 1.29 is 4.79 Å². The van der Waals surface area contributed by atoms with Crippen molar-refractivity contribution in [2.75, 3.05) is 5.73 Å². The number of fused-ring (bicyclic) bond motifs is 1. The van der Waals surface area contributed by atoms with Crippen LogP contribution in [0, 0.1) is 25.2 Å². The summed E-state index contributed by atoms with van der Waals surface area (Å²) >= 11 is 0. The summed E-state index contributed by atoms with van der Waals surface area (Å²) in [5, 5.41) is 18.1. The fourth-order valence-electron chi connectivity index (χ4n) is 3.71. The third kappa shape index (κ3) is 4.09. The Kier molecular flexibility index (Phi) is 5.37. The fraction of sp³-hybridized carbons (Fsp3) is 0.167. The number of aryl methyl sites for hydroxylation is 2. The molecule has 2 aromatic carbocycles. The van der Waals surface area contributed by atoms with E-state index >= 15 is 0 Å². The van der Waals surface area contributed by atoms with Gasteiger partial charge < -0.3 is 11.1 Å². The van der Waals surface area contributed by atoms with Gasteiger partial charge in [-0.25, -0.2) is 4.98 Å². The van der Waals surface area contributed by atoms with Gasteiger partial charge in [0.2, 0.25) is 0 Å². The Morgan fingerprint density at radius 1 is 1.19 bits per heavy atom. The van der Waals surface area contributed by atoms with Gasteiger partial charge in [-0.05, 0) is 65.8 Å². The van der Waals surface area contributed by atoms with Crippen LogP contribution in [0.25, 0.3) is 10.8 Å². The molecule has 154 valence electrons. The van der Waals surface area contributed by atoms with E-state index in [4.69, 9.17) is 11.0 Å². The number of pyridine rings is 1. The SMILES string of the molecule is Cc1cc2c(N)nccc2c(C)c1CNC(=O)c1cnn(Cc2ccc(C#N)cc2)c1. The number of nitrogens with zero attached hydrogens (tertiary/aromatic N) is 4. The van der Waals surface area contributed by atoms with Gasteiger partial charge in [0.1, 0.15) is 5.82 Å². The molecule has 0 unspecified atom stereocenters. The van der Waals surface area contributed by atoms with E-state index in [0.717, 1.165) is 33.0 Å². The van der Waals surface area contributed by atoms with Gasteiger partial charge in [0, 0.05) is 24.3 Å². The molecule has 0 spiro atoms. The average molecular weight is 410 g/mol. The van der Waals surface area contributed by atoms with Crippen LogP contribution in [-0.2, 0) is 13.1 Å². The topological polar surface area (TPSA) is 110 Å². The molecule has 0 saturated carbocycles. The number of nitrogens with two attached hydrogens (primary N) is 1. The van der Waals surface area contributed by atoms with E-state index in [1.54, 1.807) is 35.4 Å². The number of hydrogen-bond donors (Lipinski definition) is 2. The van der Waals surface area contributed by atoms with Crippen molar-refractivity contribution in [3.63, 3.8) is 0 Å². The smallest absolute Gasteiger partial charge is 0.254 e. The second-order valence-corrected chi connectivity index (χ2v) is 7.51. The number of anilines is 1. The number of benzene rings is 2. The maximum atomic E-state index is 12.7. The van der Waals surface area contributed by atoms with E-state index in [1.165, 1.54) is 0 Å². The van der Waals surface area contributed by atoms with Crippen molar-refractivity contribution in [2.45, 2.75) is 26.9 Å². The molecule has 0 atom stereocenters. The zero-order valence-electron chi connectivity index (χ0n) is 17.4. The summed E-state index contributed by atoms with van der Waals surface area (Å²) < 4.78 is 1.71. The molecule has 0 aliphatic heterocycles. The standard InChI is InChI=1S/C24H22N6O/c1-15-9-21-20(7-8-27-23(21)26)16(2)22(15)12-28-24(31)19-11-29-30(14-19)13-18-5-3-17(10-25)4-6-18/h3-9,11,14H,12-13H2,1-2H3,(H2,26,27)(H,28,31). The van der Waals surface area contributed by atoms with Crippen LogP contribution in [0.1, 0.15) is 38.2 Å². The third-order valence-corrected chi connectivity index (χ3v) is 5.46. The van der Waals surface area contributed by atoms with E-state index in [1.807, 2.05) is 38.1 Å². The Balaban J connectivity index is 1.46. The Hall–Kier alpha value is -4.18. The summed E-state index contributed by atoms with van der Waals surface area (Å²) in [5.74, 6) is 0.327. The first kappa shape index (κ1) is 20.1. The summed E-state index contributed by atoms with van der Waals surface area (Å²) in [5.41, 5.74) is 11.3. The number of aromatic nitrogens is 3. The van der Waals surface area contributed by atoms with E-state index in [9.17, 15) is 4.79 Å². The van der Waals surface area contributed by atoms with Crippen LogP contribution in [0.4, 0.5) is 5.82 Å². The molecule has 1 amide bonds. The molecule has 2 heterocycles. The second kappa shape index (κ2) is 8.28. The minimum Gasteiger partial charge on any atom is -0.383 e. The van der Waals surface area contributed by atoms with E-state index < -0.39 is 0 Å². The van der Waals surface area contributed by atoms with Gasteiger partial charge in [-0.1, -0.05) is 12.1 Å². The number of nitrogen functional groups attached to an aromatic ring is 1. The van der Waals surface area contributed by atoms with Crippen LogP contribution in [0.5, 0.6) is 0 Å². The molecule has 0 bridgehead atoms. The number of hydrogen-bond acceptors (Lipinski definition) is 5. The first-order valence-corrected chi connectivity index (χ1v) is 9.89. The molecule has 0 aliphatic rings. The number of carbonyl (C=O) groups excluding carboxylic acids is 1. The largest absolute Gasteiger partial charge is 0.383 e. The van der Waals surface area contributed by atoms with Crippen molar-refractivity contribution >= 4 is 22.5 Å². The number of nitrogens with one attached hydrogen (secondary N) is 1. The van der Waals surface area contributed by atoms with Gasteiger partial charge >= 0.3 is 0 Å². The van der Waals surface area contributed by atoms with Gasteiger partial charge in [0.15, 0.2) is 0 Å². The molecule has 0 saturated heterocycles. The van der Waals surface area contributed by atoms with Crippen molar-refractivity contribution in [3.05, 3.63) is 88.4 Å². The highest BCUT2D eigenvalue weighted by molar-refractivity contribution is 5.95. The number of amides is 1. The minimum atomic E-state index is -0.181. The van der Waals surface area contributed by atoms with Gasteiger partial charge in [0.05, 0.1) is 29.9 Å². The molecule has 0 radical (unpaired) electrons. The predicted molar refractivity (Wildman–Crippen MR) is 119 cm³/mol. The lowest BCUT2D eigenvalue weighted by atomic mass is 9.96. The molecule has 2 aromatic heterocycles. The van der Waals surface area contributed by atoms with Crippen molar-refractivity contribution in [3.8, 4) is 6.07 Å². The monoisotopic (exact) mass is 410 g/mol. The van der Waals surface area contributed by atoms with Gasteiger partial charge in [0.25, 0.3) is 5.91 Å². The maximum Gasteiger partial charge on any atom is 0.254 e. The average Bonchev–Trinajstić information content (AvgIpc) is 3.23. The summed E-state index contributed by atoms with van der Waals surface area (Å²) in [6, 6.07) is 13.4. The summed E-state index contributed by atoms with van der Waals surface area (Å²) in [4.78, 5) is 16.8. The van der Waals surface area contributed by atoms with Crippen LogP contribution in [0.2, 0.25) is 0 Å². The summed E-state index contributed by atoms with van der Waals surface area (Å²) in [6.07, 6.45) is 4.98. The lowest BCUT2D eigenvalue weighted by Gasteiger charge is -2.14. The molecular formula is C24H22N6O. The zero-order chi connectivity index (χ0) is 22.0. The molecule has 3 N–H and O–H groups in total. The normalized spacial score (nSPS) is 10.7. The quantitative estimate of drug-likeness (QED) is 0.523. The van der Waals surface area contributed by atoms with Crippen LogP contribution >= 0.6 is 0 Å². The first-order valence-electron chi connectivity index (χ1n) is 9.89. The number of carbonyl (C=O) groups is 1.